The molecule has 1 heterocycles. The van der Waals surface area contributed by atoms with E-state index in [0.29, 0.717) is 26.1 Å². The van der Waals surface area contributed by atoms with Crippen LogP contribution in [0.1, 0.15) is 37.3 Å². The summed E-state index contributed by atoms with van der Waals surface area (Å²) in [6.45, 7) is 3.62. The van der Waals surface area contributed by atoms with Crippen molar-refractivity contribution in [3.63, 3.8) is 0 Å². The Kier molecular flexibility index (Phi) is 6.88. The minimum atomic E-state index is -0.297. The fourth-order valence-electron chi connectivity index (χ4n) is 4.08. The molecule has 2 amide bonds. The quantitative estimate of drug-likeness (QED) is 0.509. The third-order valence-electron chi connectivity index (χ3n) is 6.02. The van der Waals surface area contributed by atoms with E-state index in [0.717, 1.165) is 41.3 Å². The molecule has 2 aromatic carbocycles. The molecule has 0 unspecified atom stereocenters. The van der Waals surface area contributed by atoms with E-state index in [2.05, 4.69) is 11.1 Å². The van der Waals surface area contributed by atoms with Crippen LogP contribution in [0.3, 0.4) is 0 Å². The first-order valence-corrected chi connectivity index (χ1v) is 11.4. The number of H-pyrrole nitrogens is 1. The van der Waals surface area contributed by atoms with Crippen LogP contribution < -0.4 is 0 Å². The number of fused-ring (bicyclic) bond motifs is 1. The summed E-state index contributed by atoms with van der Waals surface area (Å²) in [7, 11) is 0. The lowest BCUT2D eigenvalue weighted by Crippen LogP contribution is -2.44. The molecule has 5 nitrogen and oxygen atoms in total. The lowest BCUT2D eigenvalue weighted by molar-refractivity contribution is -0.141. The molecular weight excluding hydrogens is 405 g/mol. The van der Waals surface area contributed by atoms with Crippen molar-refractivity contribution < 1.29 is 14.0 Å². The van der Waals surface area contributed by atoms with E-state index in [-0.39, 0.29) is 30.1 Å². The number of para-hydroxylation sites is 1. The first-order chi connectivity index (χ1) is 15.5. The summed E-state index contributed by atoms with van der Waals surface area (Å²) < 4.78 is 13.4. The highest BCUT2D eigenvalue weighted by Gasteiger charge is 2.34. The van der Waals surface area contributed by atoms with E-state index in [1.807, 2.05) is 31.3 Å². The van der Waals surface area contributed by atoms with Gasteiger partial charge in [0.25, 0.3) is 0 Å². The van der Waals surface area contributed by atoms with Gasteiger partial charge in [0.1, 0.15) is 5.82 Å². The van der Waals surface area contributed by atoms with Crippen LogP contribution in [0, 0.1) is 11.7 Å². The Balaban J connectivity index is 1.49. The molecule has 0 saturated heterocycles. The van der Waals surface area contributed by atoms with Gasteiger partial charge in [0.05, 0.1) is 6.54 Å². The van der Waals surface area contributed by atoms with Gasteiger partial charge in [-0.25, -0.2) is 4.39 Å². The smallest absolute Gasteiger partial charge is 0.242 e. The van der Waals surface area contributed by atoms with Crippen LogP contribution >= 0.6 is 0 Å². The number of carbonyl (C=O) groups is 2. The molecule has 3 aromatic rings. The predicted molar refractivity (Wildman–Crippen MR) is 123 cm³/mol. The summed E-state index contributed by atoms with van der Waals surface area (Å²) in [4.78, 5) is 32.8. The number of rotatable bonds is 10. The van der Waals surface area contributed by atoms with Gasteiger partial charge in [-0.05, 0) is 55.0 Å². The molecule has 0 radical (unpaired) electrons. The van der Waals surface area contributed by atoms with E-state index in [1.165, 1.54) is 12.1 Å². The second-order valence-corrected chi connectivity index (χ2v) is 8.59. The fourth-order valence-corrected chi connectivity index (χ4v) is 4.08. The highest BCUT2D eigenvalue weighted by Crippen LogP contribution is 2.31. The minimum Gasteiger partial charge on any atom is -0.361 e. The van der Waals surface area contributed by atoms with Gasteiger partial charge in [0.2, 0.25) is 11.8 Å². The van der Waals surface area contributed by atoms with E-state index < -0.39 is 0 Å². The predicted octanol–water partition coefficient (Wildman–Crippen LogP) is 4.53. The molecule has 1 aromatic heterocycles. The van der Waals surface area contributed by atoms with Crippen molar-refractivity contribution in [3.8, 4) is 0 Å². The third kappa shape index (κ3) is 5.36. The molecule has 1 N–H and O–H groups in total. The number of aromatic nitrogens is 1. The molecule has 6 heteroatoms. The first kappa shape index (κ1) is 22.1. The summed E-state index contributed by atoms with van der Waals surface area (Å²) in [5.41, 5.74) is 3.09. The molecule has 1 aliphatic rings. The molecule has 168 valence electrons. The maximum atomic E-state index is 13.4. The van der Waals surface area contributed by atoms with Gasteiger partial charge in [-0.2, -0.15) is 0 Å². The number of halogens is 1. The Bertz CT molecular complexity index is 1070. The Morgan fingerprint density at radius 3 is 2.50 bits per heavy atom. The molecule has 0 aliphatic heterocycles. The van der Waals surface area contributed by atoms with Crippen LogP contribution in [-0.4, -0.2) is 46.2 Å². The van der Waals surface area contributed by atoms with Gasteiger partial charge in [-0.15, -0.1) is 0 Å². The van der Waals surface area contributed by atoms with Crippen LogP contribution in [0.15, 0.2) is 54.7 Å². The summed E-state index contributed by atoms with van der Waals surface area (Å²) in [5, 5.41) is 1.15. The second kappa shape index (κ2) is 9.98. The van der Waals surface area contributed by atoms with Crippen LogP contribution in [-0.2, 0) is 22.6 Å². The number of nitrogens with one attached hydrogen (secondary N) is 1. The molecule has 1 fully saturated rings. The second-order valence-electron chi connectivity index (χ2n) is 8.59. The van der Waals surface area contributed by atoms with Crippen molar-refractivity contribution in [2.45, 2.75) is 39.2 Å². The van der Waals surface area contributed by atoms with Crippen molar-refractivity contribution in [2.75, 3.05) is 19.6 Å². The number of nitrogens with zero attached hydrogens (tertiary/aromatic N) is 2. The average Bonchev–Trinajstić information content (AvgIpc) is 3.57. The van der Waals surface area contributed by atoms with Crippen molar-refractivity contribution in [1.29, 1.82) is 0 Å². The van der Waals surface area contributed by atoms with Crippen LogP contribution in [0.5, 0.6) is 0 Å². The van der Waals surface area contributed by atoms with Gasteiger partial charge < -0.3 is 14.8 Å². The van der Waals surface area contributed by atoms with E-state index in [9.17, 15) is 14.0 Å². The molecule has 1 saturated carbocycles. The van der Waals surface area contributed by atoms with Crippen molar-refractivity contribution in [1.82, 2.24) is 14.8 Å². The largest absolute Gasteiger partial charge is 0.361 e. The van der Waals surface area contributed by atoms with Gasteiger partial charge in [0, 0.05) is 42.7 Å². The SMILES string of the molecule is CCCN(CC(=O)N(CCc1c[nH]c2ccccc12)Cc1ccc(F)cc1)C(=O)C1CC1. The maximum Gasteiger partial charge on any atom is 0.242 e. The summed E-state index contributed by atoms with van der Waals surface area (Å²) in [6.07, 6.45) is 5.35. The zero-order chi connectivity index (χ0) is 22.5. The maximum absolute atomic E-state index is 13.4. The highest BCUT2D eigenvalue weighted by molar-refractivity contribution is 5.87. The van der Waals surface area contributed by atoms with Gasteiger partial charge in [0.15, 0.2) is 0 Å². The minimum absolute atomic E-state index is 0.0726. The third-order valence-corrected chi connectivity index (χ3v) is 6.02. The Morgan fingerprint density at radius 2 is 1.78 bits per heavy atom. The molecule has 4 rings (SSSR count). The van der Waals surface area contributed by atoms with Gasteiger partial charge in [-0.3, -0.25) is 9.59 Å². The number of aromatic amines is 1. The Labute approximate surface area is 188 Å². The number of carbonyl (C=O) groups excluding carboxylic acids is 2. The lowest BCUT2D eigenvalue weighted by atomic mass is 10.1. The standard InChI is InChI=1S/C26H30FN3O2/c1-2-14-30(26(32)20-9-10-20)18-25(31)29(17-19-7-11-22(27)12-8-19)15-13-21-16-28-24-6-4-3-5-23(21)24/h3-8,11-12,16,20,28H,2,9-10,13-15,17-18H2,1H3. The monoisotopic (exact) mass is 435 g/mol. The normalized spacial score (nSPS) is 13.3. The lowest BCUT2D eigenvalue weighted by Gasteiger charge is -2.28. The molecule has 0 atom stereocenters. The van der Waals surface area contributed by atoms with Crippen molar-refractivity contribution in [3.05, 3.63) is 71.7 Å². The van der Waals surface area contributed by atoms with Gasteiger partial charge >= 0.3 is 0 Å². The summed E-state index contributed by atoms with van der Waals surface area (Å²) in [6, 6.07) is 14.4. The number of hydrogen-bond donors (Lipinski definition) is 1. The molecular formula is C26H30FN3O2. The number of benzene rings is 2. The number of amides is 2. The molecule has 1 aliphatic carbocycles. The molecule has 0 spiro atoms. The summed E-state index contributed by atoms with van der Waals surface area (Å²) >= 11 is 0. The van der Waals surface area contributed by atoms with Crippen LogP contribution in [0.25, 0.3) is 10.9 Å². The van der Waals surface area contributed by atoms with E-state index >= 15 is 0 Å². The topological polar surface area (TPSA) is 56.4 Å². The summed E-state index contributed by atoms with van der Waals surface area (Å²) in [5.74, 6) is -0.184. The zero-order valence-electron chi connectivity index (χ0n) is 18.5. The van der Waals surface area contributed by atoms with E-state index in [4.69, 9.17) is 0 Å². The Hall–Kier alpha value is -3.15. The molecule has 32 heavy (non-hydrogen) atoms. The Morgan fingerprint density at radius 1 is 1.03 bits per heavy atom. The van der Waals surface area contributed by atoms with Gasteiger partial charge in [-0.1, -0.05) is 37.3 Å². The fraction of sp³-hybridized carbons (Fsp3) is 0.385. The number of hydrogen-bond acceptors (Lipinski definition) is 2. The highest BCUT2D eigenvalue weighted by atomic mass is 19.1. The van der Waals surface area contributed by atoms with Crippen LogP contribution in [0.4, 0.5) is 4.39 Å². The van der Waals surface area contributed by atoms with E-state index in [1.54, 1.807) is 21.9 Å². The average molecular weight is 436 g/mol. The van der Waals surface area contributed by atoms with Crippen molar-refractivity contribution in [2.24, 2.45) is 5.92 Å². The molecule has 0 bridgehead atoms. The van der Waals surface area contributed by atoms with Crippen LogP contribution in [0.2, 0.25) is 0 Å². The van der Waals surface area contributed by atoms with Crippen molar-refractivity contribution >= 4 is 22.7 Å². The first-order valence-electron chi connectivity index (χ1n) is 11.4. The zero-order valence-corrected chi connectivity index (χ0v) is 18.5.